The van der Waals surface area contributed by atoms with Crippen molar-refractivity contribution in [2.45, 2.75) is 39.5 Å². The van der Waals surface area contributed by atoms with Gasteiger partial charge >= 0.3 is 0 Å². The molecule has 0 fully saturated rings. The monoisotopic (exact) mass is 422 g/mol. The standard InChI is InChI=1S/C23H26N4O2S/c1-4-15-9-10-16-19(13-15)30-23(26-21(28)18-11-12-24-27(18)3)20(16)22(29)25-17-8-6-5-7-14(17)2/h5-8,11-12,15H,4,9-10,13H2,1-3H3,(H,25,29)(H,26,28)/t15-/m0/s1. The van der Waals surface area contributed by atoms with Crippen LogP contribution in [0.25, 0.3) is 0 Å². The zero-order chi connectivity index (χ0) is 21.3. The summed E-state index contributed by atoms with van der Waals surface area (Å²) in [5.41, 5.74) is 3.92. The van der Waals surface area contributed by atoms with E-state index in [0.717, 1.165) is 42.5 Å². The molecule has 1 aliphatic carbocycles. The lowest BCUT2D eigenvalue weighted by Gasteiger charge is -2.21. The lowest BCUT2D eigenvalue weighted by atomic mass is 9.85. The van der Waals surface area contributed by atoms with Crippen molar-refractivity contribution in [2.24, 2.45) is 13.0 Å². The second-order valence-electron chi connectivity index (χ2n) is 7.79. The molecule has 0 spiro atoms. The minimum Gasteiger partial charge on any atom is -0.322 e. The zero-order valence-corrected chi connectivity index (χ0v) is 18.3. The van der Waals surface area contributed by atoms with Crippen LogP contribution in [0.1, 0.15) is 56.6 Å². The third-order valence-electron chi connectivity index (χ3n) is 5.85. The maximum absolute atomic E-state index is 13.3. The van der Waals surface area contributed by atoms with Gasteiger partial charge in [-0.25, -0.2) is 0 Å². The summed E-state index contributed by atoms with van der Waals surface area (Å²) in [7, 11) is 1.73. The first-order valence-electron chi connectivity index (χ1n) is 10.3. The summed E-state index contributed by atoms with van der Waals surface area (Å²) in [5.74, 6) is 0.201. The van der Waals surface area contributed by atoms with Crippen molar-refractivity contribution in [1.82, 2.24) is 9.78 Å². The number of aromatic nitrogens is 2. The van der Waals surface area contributed by atoms with Gasteiger partial charge in [0, 0.05) is 23.8 Å². The number of fused-ring (bicyclic) bond motifs is 1. The molecule has 0 unspecified atom stereocenters. The molecule has 0 radical (unpaired) electrons. The Morgan fingerprint density at radius 2 is 2.00 bits per heavy atom. The summed E-state index contributed by atoms with van der Waals surface area (Å²) in [5, 5.41) is 10.7. The van der Waals surface area contributed by atoms with Gasteiger partial charge in [-0.05, 0) is 55.4 Å². The van der Waals surface area contributed by atoms with Crippen LogP contribution in [0.5, 0.6) is 0 Å². The van der Waals surface area contributed by atoms with Crippen LogP contribution in [-0.2, 0) is 19.9 Å². The number of carbonyl (C=O) groups is 2. The first-order chi connectivity index (χ1) is 14.5. The Hall–Kier alpha value is -2.93. The second-order valence-corrected chi connectivity index (χ2v) is 8.89. The summed E-state index contributed by atoms with van der Waals surface area (Å²) in [4.78, 5) is 27.4. The molecule has 3 aromatic rings. The third kappa shape index (κ3) is 3.89. The fourth-order valence-corrected chi connectivity index (χ4v) is 5.35. The molecule has 2 heterocycles. The highest BCUT2D eigenvalue weighted by molar-refractivity contribution is 7.17. The van der Waals surface area contributed by atoms with Crippen molar-refractivity contribution < 1.29 is 9.59 Å². The fourth-order valence-electron chi connectivity index (χ4n) is 3.99. The minimum absolute atomic E-state index is 0.169. The number of amides is 2. The molecule has 6 nitrogen and oxygen atoms in total. The molecule has 7 heteroatoms. The van der Waals surface area contributed by atoms with Crippen molar-refractivity contribution in [2.75, 3.05) is 10.6 Å². The van der Waals surface area contributed by atoms with Gasteiger partial charge in [-0.2, -0.15) is 5.10 Å². The van der Waals surface area contributed by atoms with E-state index in [4.69, 9.17) is 0 Å². The van der Waals surface area contributed by atoms with Gasteiger partial charge in [0.1, 0.15) is 10.7 Å². The van der Waals surface area contributed by atoms with Gasteiger partial charge in [-0.1, -0.05) is 31.5 Å². The Morgan fingerprint density at radius 1 is 1.20 bits per heavy atom. The molecule has 1 atom stereocenters. The summed E-state index contributed by atoms with van der Waals surface area (Å²) in [6.45, 7) is 4.18. The Morgan fingerprint density at radius 3 is 2.70 bits per heavy atom. The molecule has 1 aliphatic rings. The number of hydrogen-bond donors (Lipinski definition) is 2. The van der Waals surface area contributed by atoms with Crippen LogP contribution in [0.2, 0.25) is 0 Å². The normalized spacial score (nSPS) is 15.5. The predicted octanol–water partition coefficient (Wildman–Crippen LogP) is 4.81. The summed E-state index contributed by atoms with van der Waals surface area (Å²) < 4.78 is 1.53. The van der Waals surface area contributed by atoms with E-state index in [-0.39, 0.29) is 11.8 Å². The molecule has 0 saturated heterocycles. The molecule has 0 aliphatic heterocycles. The first kappa shape index (κ1) is 20.3. The maximum Gasteiger partial charge on any atom is 0.274 e. The molecule has 2 aromatic heterocycles. The molecule has 0 bridgehead atoms. The number of carbonyl (C=O) groups excluding carboxylic acids is 2. The van der Waals surface area contributed by atoms with Crippen molar-refractivity contribution in [3.63, 3.8) is 0 Å². The third-order valence-corrected chi connectivity index (χ3v) is 7.02. The van der Waals surface area contributed by atoms with Crippen LogP contribution in [0.3, 0.4) is 0 Å². The van der Waals surface area contributed by atoms with Crippen LogP contribution in [0, 0.1) is 12.8 Å². The summed E-state index contributed by atoms with van der Waals surface area (Å²) in [6, 6.07) is 9.39. The molecule has 4 rings (SSSR count). The van der Waals surface area contributed by atoms with Gasteiger partial charge in [0.05, 0.1) is 5.56 Å². The number of thiophene rings is 1. The second kappa shape index (κ2) is 8.44. The largest absolute Gasteiger partial charge is 0.322 e. The van der Waals surface area contributed by atoms with Gasteiger partial charge in [0.15, 0.2) is 0 Å². The van der Waals surface area contributed by atoms with Crippen molar-refractivity contribution in [3.05, 3.63) is 63.8 Å². The van der Waals surface area contributed by atoms with E-state index in [2.05, 4.69) is 22.7 Å². The highest BCUT2D eigenvalue weighted by Crippen LogP contribution is 2.41. The number of anilines is 2. The van der Waals surface area contributed by atoms with Gasteiger partial charge in [0.25, 0.3) is 11.8 Å². The van der Waals surface area contributed by atoms with Crippen molar-refractivity contribution in [1.29, 1.82) is 0 Å². The molecule has 156 valence electrons. The number of nitrogens with zero attached hydrogens (tertiary/aromatic N) is 2. The number of benzene rings is 1. The zero-order valence-electron chi connectivity index (χ0n) is 17.5. The topological polar surface area (TPSA) is 76.0 Å². The molecular formula is C23H26N4O2S. The van der Waals surface area contributed by atoms with Crippen molar-refractivity contribution in [3.8, 4) is 0 Å². The Bertz CT molecular complexity index is 1100. The number of para-hydroxylation sites is 1. The quantitative estimate of drug-likeness (QED) is 0.620. The van der Waals surface area contributed by atoms with Gasteiger partial charge in [-0.15, -0.1) is 11.3 Å². The van der Waals surface area contributed by atoms with Crippen LogP contribution in [0.15, 0.2) is 36.5 Å². The Labute approximate surface area is 180 Å². The molecular weight excluding hydrogens is 396 g/mol. The summed E-state index contributed by atoms with van der Waals surface area (Å²) in [6.07, 6.45) is 5.61. The molecule has 0 saturated carbocycles. The van der Waals surface area contributed by atoms with E-state index in [1.807, 2.05) is 31.2 Å². The smallest absolute Gasteiger partial charge is 0.274 e. The SMILES string of the molecule is CC[C@H]1CCc2c(sc(NC(=O)c3ccnn3C)c2C(=O)Nc2ccccc2C)C1. The van der Waals surface area contributed by atoms with Crippen LogP contribution in [-0.4, -0.2) is 21.6 Å². The van der Waals surface area contributed by atoms with Crippen LogP contribution in [0.4, 0.5) is 10.7 Å². The number of aryl methyl sites for hydroxylation is 2. The van der Waals surface area contributed by atoms with Crippen molar-refractivity contribution >= 4 is 33.8 Å². The van der Waals surface area contributed by atoms with E-state index in [1.165, 1.54) is 20.9 Å². The average Bonchev–Trinajstić information content (AvgIpc) is 3.31. The Kier molecular flexibility index (Phi) is 5.72. The highest BCUT2D eigenvalue weighted by Gasteiger charge is 2.29. The highest BCUT2D eigenvalue weighted by atomic mass is 32.1. The fraction of sp³-hybridized carbons (Fsp3) is 0.348. The van der Waals surface area contributed by atoms with E-state index < -0.39 is 0 Å². The maximum atomic E-state index is 13.3. The predicted molar refractivity (Wildman–Crippen MR) is 120 cm³/mol. The minimum atomic E-state index is -0.259. The molecule has 30 heavy (non-hydrogen) atoms. The molecule has 1 aromatic carbocycles. The number of rotatable bonds is 5. The summed E-state index contributed by atoms with van der Waals surface area (Å²) >= 11 is 1.53. The number of nitrogens with one attached hydrogen (secondary N) is 2. The van der Waals surface area contributed by atoms with Gasteiger partial charge < -0.3 is 10.6 Å². The van der Waals surface area contributed by atoms with E-state index in [9.17, 15) is 9.59 Å². The van der Waals surface area contributed by atoms with Crippen LogP contribution < -0.4 is 10.6 Å². The molecule has 2 amide bonds. The van der Waals surface area contributed by atoms with Gasteiger partial charge in [0.2, 0.25) is 0 Å². The van der Waals surface area contributed by atoms with Crippen LogP contribution >= 0.6 is 11.3 Å². The van der Waals surface area contributed by atoms with E-state index >= 15 is 0 Å². The van der Waals surface area contributed by atoms with E-state index in [1.54, 1.807) is 19.3 Å². The lowest BCUT2D eigenvalue weighted by Crippen LogP contribution is -2.21. The average molecular weight is 423 g/mol. The van der Waals surface area contributed by atoms with E-state index in [0.29, 0.717) is 22.2 Å². The Balaban J connectivity index is 1.69. The van der Waals surface area contributed by atoms with Gasteiger partial charge in [-0.3, -0.25) is 14.3 Å². The molecule has 2 N–H and O–H groups in total. The number of hydrogen-bond acceptors (Lipinski definition) is 4. The lowest BCUT2D eigenvalue weighted by molar-refractivity contribution is 0.101. The first-order valence-corrected chi connectivity index (χ1v) is 11.1.